The Morgan fingerprint density at radius 3 is 3.03 bits per heavy atom. The number of piperidine rings is 1. The van der Waals surface area contributed by atoms with Crippen LogP contribution in [0.3, 0.4) is 0 Å². The molecule has 0 saturated carbocycles. The zero-order valence-electron chi connectivity index (χ0n) is 16.6. The van der Waals surface area contributed by atoms with Gasteiger partial charge in [-0.3, -0.25) is 4.79 Å². The lowest BCUT2D eigenvalue weighted by molar-refractivity contribution is -0.127. The predicted molar refractivity (Wildman–Crippen MR) is 113 cm³/mol. The Balaban J connectivity index is 1.51. The lowest BCUT2D eigenvalue weighted by atomic mass is 9.98. The maximum Gasteiger partial charge on any atom is 0.245 e. The minimum atomic E-state index is -0.00955. The molecule has 5 rings (SSSR count). The van der Waals surface area contributed by atoms with Crippen LogP contribution in [0.4, 0.5) is 5.82 Å². The van der Waals surface area contributed by atoms with E-state index in [2.05, 4.69) is 27.3 Å². The Bertz CT molecular complexity index is 1140. The van der Waals surface area contributed by atoms with Crippen molar-refractivity contribution in [3.05, 3.63) is 43.4 Å². The normalized spacial score (nSPS) is 18.0. The SMILES string of the molecule is C=CC(=O)N1CCC[C@@H](Cn2cc(-c3ccc4c(c3)OCO4)c3c(N)ncnc32)C1. The first-order valence-corrected chi connectivity index (χ1v) is 10.0. The largest absolute Gasteiger partial charge is 0.454 e. The number of ether oxygens (including phenoxy) is 2. The number of anilines is 1. The Labute approximate surface area is 173 Å². The maximum absolute atomic E-state index is 12.0. The molecule has 0 radical (unpaired) electrons. The molecule has 2 aliphatic heterocycles. The minimum absolute atomic E-state index is 0.00955. The van der Waals surface area contributed by atoms with E-state index in [1.165, 1.54) is 12.4 Å². The van der Waals surface area contributed by atoms with Gasteiger partial charge in [0.15, 0.2) is 11.5 Å². The van der Waals surface area contributed by atoms with Gasteiger partial charge in [-0.1, -0.05) is 12.6 Å². The molecule has 1 aromatic carbocycles. The molecule has 8 heteroatoms. The van der Waals surface area contributed by atoms with Crippen LogP contribution in [0.25, 0.3) is 22.2 Å². The van der Waals surface area contributed by atoms with E-state index in [1.807, 2.05) is 23.1 Å². The summed E-state index contributed by atoms with van der Waals surface area (Å²) in [7, 11) is 0. The first-order valence-electron chi connectivity index (χ1n) is 10.0. The number of fused-ring (bicyclic) bond motifs is 2. The zero-order chi connectivity index (χ0) is 20.7. The van der Waals surface area contributed by atoms with E-state index >= 15 is 0 Å². The van der Waals surface area contributed by atoms with Crippen LogP contribution in [0.15, 0.2) is 43.4 Å². The topological polar surface area (TPSA) is 95.5 Å². The molecule has 4 heterocycles. The third-order valence-electron chi connectivity index (χ3n) is 5.83. The van der Waals surface area contributed by atoms with Crippen molar-refractivity contribution >= 4 is 22.8 Å². The van der Waals surface area contributed by atoms with E-state index in [0.717, 1.165) is 59.6 Å². The van der Waals surface area contributed by atoms with Crippen LogP contribution in [0.1, 0.15) is 12.8 Å². The molecule has 8 nitrogen and oxygen atoms in total. The van der Waals surface area contributed by atoms with Gasteiger partial charge in [-0.2, -0.15) is 0 Å². The predicted octanol–water partition coefficient (Wildman–Crippen LogP) is 2.83. The van der Waals surface area contributed by atoms with Crippen LogP contribution in [0, 0.1) is 5.92 Å². The van der Waals surface area contributed by atoms with Gasteiger partial charge in [-0.05, 0) is 42.5 Å². The molecule has 2 aliphatic rings. The summed E-state index contributed by atoms with van der Waals surface area (Å²) in [6, 6.07) is 5.85. The van der Waals surface area contributed by atoms with Crippen molar-refractivity contribution in [2.75, 3.05) is 25.6 Å². The average molecular weight is 405 g/mol. The van der Waals surface area contributed by atoms with Crippen LogP contribution in [0.2, 0.25) is 0 Å². The number of nitrogens with two attached hydrogens (primary N) is 1. The van der Waals surface area contributed by atoms with Crippen LogP contribution in [-0.2, 0) is 11.3 Å². The quantitative estimate of drug-likeness (QED) is 0.671. The molecule has 3 aromatic rings. The Hall–Kier alpha value is -3.55. The van der Waals surface area contributed by atoms with Crippen molar-refractivity contribution in [3.8, 4) is 22.6 Å². The van der Waals surface area contributed by atoms with E-state index in [4.69, 9.17) is 15.2 Å². The monoisotopic (exact) mass is 405 g/mol. The van der Waals surface area contributed by atoms with Crippen LogP contribution in [-0.4, -0.2) is 45.2 Å². The van der Waals surface area contributed by atoms with Crippen molar-refractivity contribution in [1.82, 2.24) is 19.4 Å². The number of nitrogens with zero attached hydrogens (tertiary/aromatic N) is 4. The second kappa shape index (κ2) is 7.37. The summed E-state index contributed by atoms with van der Waals surface area (Å²) in [5, 5.41) is 0.825. The molecule has 154 valence electrons. The van der Waals surface area contributed by atoms with Gasteiger partial charge in [-0.15, -0.1) is 0 Å². The van der Waals surface area contributed by atoms with E-state index in [0.29, 0.717) is 18.3 Å². The van der Waals surface area contributed by atoms with Gasteiger partial charge >= 0.3 is 0 Å². The summed E-state index contributed by atoms with van der Waals surface area (Å²) in [5.41, 5.74) is 8.97. The number of hydrogen-bond acceptors (Lipinski definition) is 6. The standard InChI is InChI=1S/C22H23N5O3/c1-2-19(28)26-7-3-4-14(9-26)10-27-11-16(20-21(23)24-12-25-22(20)27)15-5-6-17-18(8-15)30-13-29-17/h2,5-6,8,11-12,14H,1,3-4,7,9-10,13H2,(H2,23,24,25)/t14-/m1/s1. The Morgan fingerprint density at radius 1 is 1.30 bits per heavy atom. The molecule has 0 aliphatic carbocycles. The molecule has 30 heavy (non-hydrogen) atoms. The maximum atomic E-state index is 12.0. The Kier molecular flexibility index (Phi) is 4.54. The van der Waals surface area contributed by atoms with Gasteiger partial charge < -0.3 is 24.7 Å². The van der Waals surface area contributed by atoms with Gasteiger partial charge in [0.1, 0.15) is 17.8 Å². The molecule has 1 amide bonds. The van der Waals surface area contributed by atoms with E-state index in [1.54, 1.807) is 0 Å². The second-order valence-electron chi connectivity index (χ2n) is 7.72. The molecule has 2 aromatic heterocycles. The van der Waals surface area contributed by atoms with Gasteiger partial charge in [0.25, 0.3) is 0 Å². The second-order valence-corrected chi connectivity index (χ2v) is 7.72. The van der Waals surface area contributed by atoms with Crippen molar-refractivity contribution in [3.63, 3.8) is 0 Å². The first-order chi connectivity index (χ1) is 14.6. The summed E-state index contributed by atoms with van der Waals surface area (Å²) >= 11 is 0. The number of hydrogen-bond donors (Lipinski definition) is 1. The van der Waals surface area contributed by atoms with Gasteiger partial charge in [0.05, 0.1) is 5.39 Å². The lowest BCUT2D eigenvalue weighted by Gasteiger charge is -2.32. The molecule has 1 atom stereocenters. The van der Waals surface area contributed by atoms with Crippen molar-refractivity contribution in [2.24, 2.45) is 5.92 Å². The van der Waals surface area contributed by atoms with Crippen molar-refractivity contribution < 1.29 is 14.3 Å². The van der Waals surface area contributed by atoms with Crippen LogP contribution in [0.5, 0.6) is 11.5 Å². The smallest absolute Gasteiger partial charge is 0.245 e. The molecular formula is C22H23N5O3. The molecule has 1 saturated heterocycles. The van der Waals surface area contributed by atoms with Crippen LogP contribution >= 0.6 is 0 Å². The molecule has 1 fully saturated rings. The summed E-state index contributed by atoms with van der Waals surface area (Å²) in [6.07, 6.45) is 6.99. The summed E-state index contributed by atoms with van der Waals surface area (Å²) in [4.78, 5) is 22.6. The fourth-order valence-corrected chi connectivity index (χ4v) is 4.39. The molecule has 0 bridgehead atoms. The molecule has 2 N–H and O–H groups in total. The lowest BCUT2D eigenvalue weighted by Crippen LogP contribution is -2.40. The van der Waals surface area contributed by atoms with Crippen molar-refractivity contribution in [1.29, 1.82) is 0 Å². The number of rotatable bonds is 4. The summed E-state index contributed by atoms with van der Waals surface area (Å²) in [5.74, 6) is 2.22. The van der Waals surface area contributed by atoms with Gasteiger partial charge in [0.2, 0.25) is 12.7 Å². The average Bonchev–Trinajstić information content (AvgIpc) is 3.38. The Morgan fingerprint density at radius 2 is 2.17 bits per heavy atom. The third-order valence-corrected chi connectivity index (χ3v) is 5.83. The van der Waals surface area contributed by atoms with Crippen molar-refractivity contribution in [2.45, 2.75) is 19.4 Å². The number of nitrogen functional groups attached to an aromatic ring is 1. The van der Waals surface area contributed by atoms with E-state index < -0.39 is 0 Å². The summed E-state index contributed by atoms with van der Waals surface area (Å²) < 4.78 is 13.1. The first kappa shape index (κ1) is 18.5. The molecular weight excluding hydrogens is 382 g/mol. The van der Waals surface area contributed by atoms with Gasteiger partial charge in [0, 0.05) is 31.4 Å². The number of carbonyl (C=O) groups excluding carboxylic acids is 1. The highest BCUT2D eigenvalue weighted by molar-refractivity contribution is 6.00. The zero-order valence-corrected chi connectivity index (χ0v) is 16.6. The van der Waals surface area contributed by atoms with E-state index in [9.17, 15) is 4.79 Å². The summed E-state index contributed by atoms with van der Waals surface area (Å²) in [6.45, 7) is 6.08. The van der Waals surface area contributed by atoms with Gasteiger partial charge in [-0.25, -0.2) is 9.97 Å². The fraction of sp³-hybridized carbons (Fsp3) is 0.318. The number of aromatic nitrogens is 3. The number of amides is 1. The number of likely N-dealkylation sites (tertiary alicyclic amines) is 1. The third kappa shape index (κ3) is 3.14. The highest BCUT2D eigenvalue weighted by atomic mass is 16.7. The highest BCUT2D eigenvalue weighted by Gasteiger charge is 2.25. The van der Waals surface area contributed by atoms with E-state index in [-0.39, 0.29) is 12.7 Å². The molecule has 0 spiro atoms. The highest BCUT2D eigenvalue weighted by Crippen LogP contribution is 2.39. The molecule has 0 unspecified atom stereocenters. The van der Waals surface area contributed by atoms with Crippen LogP contribution < -0.4 is 15.2 Å². The minimum Gasteiger partial charge on any atom is -0.454 e. The fourth-order valence-electron chi connectivity index (χ4n) is 4.39. The number of benzene rings is 1. The number of carbonyl (C=O) groups is 1.